The first-order valence-corrected chi connectivity index (χ1v) is 5.56. The highest BCUT2D eigenvalue weighted by atomic mass is 35.5. The second kappa shape index (κ2) is 6.68. The van der Waals surface area contributed by atoms with Gasteiger partial charge in [-0.3, -0.25) is 0 Å². The van der Waals surface area contributed by atoms with Crippen LogP contribution in [0.4, 0.5) is 10.1 Å². The third kappa shape index (κ3) is 4.79. The largest absolute Gasteiger partial charge is 0.399 e. The second-order valence-corrected chi connectivity index (χ2v) is 4.06. The van der Waals surface area contributed by atoms with Gasteiger partial charge < -0.3 is 16.2 Å². The zero-order chi connectivity index (χ0) is 12.0. The van der Waals surface area contributed by atoms with E-state index in [2.05, 4.69) is 5.32 Å². The predicted molar refractivity (Wildman–Crippen MR) is 63.9 cm³/mol. The molecular formula is C11H16ClFN2O. The van der Waals surface area contributed by atoms with Gasteiger partial charge in [0, 0.05) is 5.69 Å². The van der Waals surface area contributed by atoms with Gasteiger partial charge in [-0.25, -0.2) is 4.39 Å². The maximum Gasteiger partial charge on any atom is 0.141 e. The number of halogens is 2. The highest BCUT2D eigenvalue weighted by Crippen LogP contribution is 2.16. The molecule has 0 amide bonds. The van der Waals surface area contributed by atoms with Crippen LogP contribution in [0.1, 0.15) is 12.8 Å². The number of rotatable bonds is 0. The monoisotopic (exact) mass is 246 g/mol. The molecule has 4 N–H and O–H groups in total. The Hall–Kier alpha value is -0.840. The standard InChI is InChI=1S/C6H5ClFN.C5H11NO/c7-5-3-4(9)1-2-6(5)8;7-5-1-3-6-4-2-5/h1-3H,9H2;5-7H,1-4H2. The summed E-state index contributed by atoms with van der Waals surface area (Å²) >= 11 is 5.36. The molecule has 1 aromatic rings. The van der Waals surface area contributed by atoms with Crippen molar-refractivity contribution >= 4 is 17.3 Å². The molecule has 0 atom stereocenters. The van der Waals surface area contributed by atoms with E-state index in [4.69, 9.17) is 22.4 Å². The normalized spacial score (nSPS) is 16.4. The molecule has 3 nitrogen and oxygen atoms in total. The van der Waals surface area contributed by atoms with Crippen molar-refractivity contribution in [2.75, 3.05) is 18.8 Å². The van der Waals surface area contributed by atoms with E-state index >= 15 is 0 Å². The topological polar surface area (TPSA) is 58.3 Å². The molecule has 1 aliphatic heterocycles. The van der Waals surface area contributed by atoms with Crippen molar-refractivity contribution in [1.82, 2.24) is 5.32 Å². The van der Waals surface area contributed by atoms with Gasteiger partial charge in [-0.05, 0) is 44.1 Å². The summed E-state index contributed by atoms with van der Waals surface area (Å²) in [5, 5.41) is 12.1. The molecule has 0 unspecified atom stereocenters. The fourth-order valence-corrected chi connectivity index (χ4v) is 1.51. The molecule has 90 valence electrons. The molecule has 1 aromatic carbocycles. The van der Waals surface area contributed by atoms with Crippen LogP contribution in [0.5, 0.6) is 0 Å². The minimum absolute atomic E-state index is 0.0266. The summed E-state index contributed by atoms with van der Waals surface area (Å²) in [5.74, 6) is -0.439. The third-order valence-corrected chi connectivity index (χ3v) is 2.54. The van der Waals surface area contributed by atoms with E-state index in [-0.39, 0.29) is 11.1 Å². The lowest BCUT2D eigenvalue weighted by Gasteiger charge is -2.16. The Kier molecular flexibility index (Phi) is 5.52. The van der Waals surface area contributed by atoms with Gasteiger partial charge >= 0.3 is 0 Å². The van der Waals surface area contributed by atoms with Crippen molar-refractivity contribution < 1.29 is 9.50 Å². The molecule has 2 rings (SSSR count). The SMILES string of the molecule is Nc1ccc(F)c(Cl)c1.OC1CCNCC1. The first kappa shape index (κ1) is 13.2. The molecule has 0 aromatic heterocycles. The van der Waals surface area contributed by atoms with Crippen molar-refractivity contribution in [2.45, 2.75) is 18.9 Å². The van der Waals surface area contributed by atoms with E-state index in [0.717, 1.165) is 25.9 Å². The lowest BCUT2D eigenvalue weighted by molar-refractivity contribution is 0.137. The van der Waals surface area contributed by atoms with Crippen LogP contribution in [0.3, 0.4) is 0 Å². The van der Waals surface area contributed by atoms with E-state index in [1.54, 1.807) is 0 Å². The Bertz CT molecular complexity index is 330. The summed E-state index contributed by atoms with van der Waals surface area (Å²) in [6, 6.07) is 4.07. The van der Waals surface area contributed by atoms with Gasteiger partial charge in [0.25, 0.3) is 0 Å². The number of aliphatic hydroxyl groups excluding tert-OH is 1. The Labute approximate surface area is 99.4 Å². The number of piperidine rings is 1. The summed E-state index contributed by atoms with van der Waals surface area (Å²) in [5.41, 5.74) is 5.75. The van der Waals surface area contributed by atoms with Crippen LogP contribution < -0.4 is 11.1 Å². The van der Waals surface area contributed by atoms with Crippen LogP contribution in [0, 0.1) is 5.82 Å². The van der Waals surface area contributed by atoms with Crippen LogP contribution in [0.25, 0.3) is 0 Å². The number of benzene rings is 1. The summed E-state index contributed by atoms with van der Waals surface area (Å²) < 4.78 is 12.3. The number of anilines is 1. The summed E-state index contributed by atoms with van der Waals surface area (Å²) in [6.45, 7) is 1.97. The molecule has 0 radical (unpaired) electrons. The Morgan fingerprint density at radius 3 is 2.38 bits per heavy atom. The number of hydrogen-bond donors (Lipinski definition) is 3. The van der Waals surface area contributed by atoms with E-state index in [9.17, 15) is 4.39 Å². The van der Waals surface area contributed by atoms with Crippen molar-refractivity contribution in [1.29, 1.82) is 0 Å². The third-order valence-electron chi connectivity index (χ3n) is 2.25. The maximum absolute atomic E-state index is 12.3. The highest BCUT2D eigenvalue weighted by molar-refractivity contribution is 6.31. The highest BCUT2D eigenvalue weighted by Gasteiger charge is 2.06. The van der Waals surface area contributed by atoms with E-state index in [1.165, 1.54) is 18.2 Å². The van der Waals surface area contributed by atoms with Gasteiger partial charge in [-0.1, -0.05) is 11.6 Å². The summed E-state index contributed by atoms with van der Waals surface area (Å²) in [7, 11) is 0. The number of nitrogens with one attached hydrogen (secondary N) is 1. The number of nitrogen functional groups attached to an aromatic ring is 1. The molecule has 0 spiro atoms. The Morgan fingerprint density at radius 1 is 1.38 bits per heavy atom. The van der Waals surface area contributed by atoms with Crippen LogP contribution in [0.2, 0.25) is 5.02 Å². The molecule has 0 aliphatic carbocycles. The van der Waals surface area contributed by atoms with Gasteiger partial charge in [-0.2, -0.15) is 0 Å². The molecule has 1 aliphatic rings. The molecular weight excluding hydrogens is 231 g/mol. The molecule has 1 fully saturated rings. The summed E-state index contributed by atoms with van der Waals surface area (Å²) in [4.78, 5) is 0. The second-order valence-electron chi connectivity index (χ2n) is 3.65. The molecule has 1 heterocycles. The Balaban J connectivity index is 0.000000165. The molecule has 16 heavy (non-hydrogen) atoms. The smallest absolute Gasteiger partial charge is 0.141 e. The molecule has 1 saturated heterocycles. The fourth-order valence-electron chi connectivity index (χ4n) is 1.32. The van der Waals surface area contributed by atoms with Crippen molar-refractivity contribution in [3.8, 4) is 0 Å². The molecule has 5 heteroatoms. The van der Waals surface area contributed by atoms with Crippen molar-refractivity contribution in [2.24, 2.45) is 0 Å². The number of nitrogens with two attached hydrogens (primary N) is 1. The van der Waals surface area contributed by atoms with Crippen LogP contribution in [-0.4, -0.2) is 24.3 Å². The average molecular weight is 247 g/mol. The fraction of sp³-hybridized carbons (Fsp3) is 0.455. The first-order valence-electron chi connectivity index (χ1n) is 5.19. The number of hydrogen-bond acceptors (Lipinski definition) is 3. The van der Waals surface area contributed by atoms with Crippen LogP contribution >= 0.6 is 11.6 Å². The van der Waals surface area contributed by atoms with Gasteiger partial charge in [0.15, 0.2) is 0 Å². The van der Waals surface area contributed by atoms with Crippen LogP contribution in [-0.2, 0) is 0 Å². The number of aliphatic hydroxyl groups is 1. The van der Waals surface area contributed by atoms with Crippen molar-refractivity contribution in [3.63, 3.8) is 0 Å². The zero-order valence-electron chi connectivity index (χ0n) is 8.92. The van der Waals surface area contributed by atoms with Crippen LogP contribution in [0.15, 0.2) is 18.2 Å². The van der Waals surface area contributed by atoms with Gasteiger partial charge in [0.2, 0.25) is 0 Å². The van der Waals surface area contributed by atoms with Gasteiger partial charge in [-0.15, -0.1) is 0 Å². The predicted octanol–water partition coefficient (Wildman–Crippen LogP) is 1.79. The average Bonchev–Trinajstić information content (AvgIpc) is 2.26. The quantitative estimate of drug-likeness (QED) is 0.612. The Morgan fingerprint density at radius 2 is 2.00 bits per heavy atom. The molecule has 0 saturated carbocycles. The van der Waals surface area contributed by atoms with E-state index in [1.807, 2.05) is 0 Å². The lowest BCUT2D eigenvalue weighted by Crippen LogP contribution is -2.30. The minimum atomic E-state index is -0.439. The van der Waals surface area contributed by atoms with E-state index in [0.29, 0.717) is 5.69 Å². The zero-order valence-corrected chi connectivity index (χ0v) is 9.67. The molecule has 0 bridgehead atoms. The van der Waals surface area contributed by atoms with E-state index < -0.39 is 5.82 Å². The van der Waals surface area contributed by atoms with Gasteiger partial charge in [0.05, 0.1) is 11.1 Å². The van der Waals surface area contributed by atoms with Crippen molar-refractivity contribution in [3.05, 3.63) is 29.0 Å². The maximum atomic E-state index is 12.3. The van der Waals surface area contributed by atoms with Gasteiger partial charge in [0.1, 0.15) is 5.82 Å². The minimum Gasteiger partial charge on any atom is -0.399 e. The first-order chi connectivity index (χ1) is 7.59. The summed E-state index contributed by atoms with van der Waals surface area (Å²) in [6.07, 6.45) is 1.83. The lowest BCUT2D eigenvalue weighted by atomic mass is 10.1.